The Morgan fingerprint density at radius 3 is 2.52 bits per heavy atom. The fourth-order valence-corrected chi connectivity index (χ4v) is 8.16. The van der Waals surface area contributed by atoms with Crippen LogP contribution >= 0.6 is 0 Å². The number of anilines is 3. The molecule has 2 aliphatic heterocycles. The molecule has 0 spiro atoms. The SMILES string of the molecule is BC(B)(B)n1cc(-c2ccnc(-n3ccn4c5c(cc4c3=O)CC(C)(C)C5)c2CO)cc(Nc2ccc(N3CCN(C4COC4)C[C@@H]3C)cn2)c1=O. The van der Waals surface area contributed by atoms with Crippen molar-refractivity contribution in [3.8, 4) is 16.9 Å². The number of pyridine rings is 3. The summed E-state index contributed by atoms with van der Waals surface area (Å²) in [7, 11) is 5.93. The lowest BCUT2D eigenvalue weighted by Crippen LogP contribution is -2.59. The van der Waals surface area contributed by atoms with E-state index in [1.807, 2.05) is 70.8 Å². The van der Waals surface area contributed by atoms with Crippen LogP contribution in [-0.2, 0) is 29.4 Å². The molecule has 0 saturated carbocycles. The Morgan fingerprint density at radius 1 is 1.04 bits per heavy atom. The van der Waals surface area contributed by atoms with Crippen LogP contribution in [0.25, 0.3) is 22.5 Å². The van der Waals surface area contributed by atoms with E-state index in [1.54, 1.807) is 23.0 Å². The van der Waals surface area contributed by atoms with E-state index in [1.165, 1.54) is 15.8 Å². The third kappa shape index (κ3) is 6.08. The van der Waals surface area contributed by atoms with Gasteiger partial charge in [-0.3, -0.25) is 19.1 Å². The normalized spacial score (nSPS) is 19.2. The van der Waals surface area contributed by atoms with Crippen LogP contribution in [0.2, 0.25) is 0 Å². The Morgan fingerprint density at radius 2 is 1.85 bits per heavy atom. The molecule has 8 rings (SSSR count). The summed E-state index contributed by atoms with van der Waals surface area (Å²) in [6.07, 6.45) is 10.8. The molecule has 3 aliphatic rings. The molecule has 266 valence electrons. The van der Waals surface area contributed by atoms with Crippen LogP contribution in [0, 0.1) is 5.41 Å². The van der Waals surface area contributed by atoms with Crippen LogP contribution < -0.4 is 21.3 Å². The van der Waals surface area contributed by atoms with Gasteiger partial charge in [-0.1, -0.05) is 13.8 Å². The maximum absolute atomic E-state index is 13.9. The van der Waals surface area contributed by atoms with Crippen molar-refractivity contribution < 1.29 is 9.84 Å². The lowest BCUT2D eigenvalue weighted by atomic mass is 9.49. The molecule has 0 bridgehead atoms. The lowest BCUT2D eigenvalue weighted by Gasteiger charge is -2.46. The summed E-state index contributed by atoms with van der Waals surface area (Å²) < 4.78 is 10.6. The zero-order valence-electron chi connectivity index (χ0n) is 30.9. The first-order valence-electron chi connectivity index (χ1n) is 18.2. The summed E-state index contributed by atoms with van der Waals surface area (Å²) >= 11 is 0. The molecule has 2 saturated heterocycles. The second kappa shape index (κ2) is 12.8. The fourth-order valence-electron chi connectivity index (χ4n) is 8.16. The average Bonchev–Trinajstić information content (AvgIpc) is 3.57. The van der Waals surface area contributed by atoms with E-state index in [0.29, 0.717) is 51.6 Å². The summed E-state index contributed by atoms with van der Waals surface area (Å²) in [6.45, 7) is 10.9. The zero-order valence-corrected chi connectivity index (χ0v) is 30.9. The summed E-state index contributed by atoms with van der Waals surface area (Å²) in [4.78, 5) is 42.1. The number of hydrogen-bond acceptors (Lipinski definition) is 9. The third-order valence-electron chi connectivity index (χ3n) is 11.0. The highest BCUT2D eigenvalue weighted by molar-refractivity contribution is 6.56. The van der Waals surface area contributed by atoms with Gasteiger partial charge in [0, 0.05) is 67.3 Å². The number of aromatic nitrogens is 5. The summed E-state index contributed by atoms with van der Waals surface area (Å²) in [5, 5.41) is 13.5. The first-order chi connectivity index (χ1) is 24.8. The highest BCUT2D eigenvalue weighted by Crippen LogP contribution is 2.37. The van der Waals surface area contributed by atoms with Crippen molar-refractivity contribution in [2.24, 2.45) is 5.41 Å². The molecule has 12 nitrogen and oxygen atoms in total. The maximum Gasteiger partial charge on any atom is 0.280 e. The van der Waals surface area contributed by atoms with Crippen LogP contribution in [0.3, 0.4) is 0 Å². The van der Waals surface area contributed by atoms with E-state index < -0.39 is 5.24 Å². The number of aliphatic hydroxyl groups excluding tert-OH is 1. The Hall–Kier alpha value is -4.59. The molecule has 0 aromatic carbocycles. The highest BCUT2D eigenvalue weighted by Gasteiger charge is 2.33. The molecule has 52 heavy (non-hydrogen) atoms. The van der Waals surface area contributed by atoms with Gasteiger partial charge in [0.05, 0.1) is 37.7 Å². The number of aliphatic hydroxyl groups is 1. The highest BCUT2D eigenvalue weighted by atomic mass is 16.5. The Labute approximate surface area is 305 Å². The molecule has 0 radical (unpaired) electrons. The van der Waals surface area contributed by atoms with Gasteiger partial charge >= 0.3 is 0 Å². The van der Waals surface area contributed by atoms with Crippen molar-refractivity contribution in [3.05, 3.63) is 98.8 Å². The van der Waals surface area contributed by atoms with E-state index in [4.69, 9.17) is 9.72 Å². The molecule has 2 N–H and O–H groups in total. The summed E-state index contributed by atoms with van der Waals surface area (Å²) in [6, 6.07) is 10.4. The van der Waals surface area contributed by atoms with Gasteiger partial charge in [-0.2, -0.15) is 0 Å². The quantitative estimate of drug-likeness (QED) is 0.223. The molecule has 1 atom stereocenters. The molecule has 0 amide bonds. The van der Waals surface area contributed by atoms with E-state index in [9.17, 15) is 14.7 Å². The first-order valence-corrected chi connectivity index (χ1v) is 18.2. The van der Waals surface area contributed by atoms with Gasteiger partial charge in [-0.25, -0.2) is 9.97 Å². The van der Waals surface area contributed by atoms with Gasteiger partial charge in [0.1, 0.15) is 46.4 Å². The molecular weight excluding hydrogens is 653 g/mol. The van der Waals surface area contributed by atoms with Gasteiger partial charge in [0.25, 0.3) is 11.1 Å². The topological polar surface area (TPSA) is 122 Å². The smallest absolute Gasteiger partial charge is 0.280 e. The number of rotatable bonds is 8. The van der Waals surface area contributed by atoms with Gasteiger partial charge in [0.2, 0.25) is 0 Å². The van der Waals surface area contributed by atoms with E-state index >= 15 is 0 Å². The van der Waals surface area contributed by atoms with Crippen molar-refractivity contribution in [2.75, 3.05) is 43.1 Å². The maximum atomic E-state index is 13.9. The third-order valence-corrected chi connectivity index (χ3v) is 11.0. The molecule has 5 aromatic rings. The van der Waals surface area contributed by atoms with Crippen molar-refractivity contribution in [2.45, 2.75) is 57.5 Å². The Kier molecular flexibility index (Phi) is 8.50. The van der Waals surface area contributed by atoms with Gasteiger partial charge in [-0.05, 0) is 71.9 Å². The minimum absolute atomic E-state index is 0.164. The molecule has 0 unspecified atom stereocenters. The molecule has 2 fully saturated rings. The monoisotopic (exact) mass is 698 g/mol. The van der Waals surface area contributed by atoms with E-state index in [2.05, 4.69) is 40.9 Å². The van der Waals surface area contributed by atoms with Gasteiger partial charge in [0.15, 0.2) is 0 Å². The number of hydrogen-bond donors (Lipinski definition) is 2. The van der Waals surface area contributed by atoms with Crippen LogP contribution in [-0.4, -0.2) is 102 Å². The second-order valence-corrected chi connectivity index (χ2v) is 16.4. The predicted molar refractivity (Wildman–Crippen MR) is 212 cm³/mol. The molecule has 1 aliphatic carbocycles. The average molecular weight is 698 g/mol. The minimum Gasteiger partial charge on any atom is -0.392 e. The van der Waals surface area contributed by atoms with Crippen molar-refractivity contribution in [1.29, 1.82) is 0 Å². The molecule has 7 heterocycles. The molecular formula is C37H45B3N8O4. The molecule has 15 heteroatoms. The number of piperazine rings is 1. The van der Waals surface area contributed by atoms with Crippen LogP contribution in [0.5, 0.6) is 0 Å². The van der Waals surface area contributed by atoms with Crippen molar-refractivity contribution in [3.63, 3.8) is 0 Å². The second-order valence-electron chi connectivity index (χ2n) is 16.4. The van der Waals surface area contributed by atoms with Crippen molar-refractivity contribution >= 4 is 46.2 Å². The summed E-state index contributed by atoms with van der Waals surface area (Å²) in [5.74, 6) is 0.905. The van der Waals surface area contributed by atoms with Crippen LogP contribution in [0.1, 0.15) is 37.6 Å². The predicted octanol–water partition coefficient (Wildman–Crippen LogP) is 0.446. The largest absolute Gasteiger partial charge is 0.392 e. The fraction of sp³-hybridized carbons (Fsp3) is 0.405. The zero-order chi connectivity index (χ0) is 36.5. The summed E-state index contributed by atoms with van der Waals surface area (Å²) in [5.41, 5.74) is 5.98. The first kappa shape index (κ1) is 34.5. The van der Waals surface area contributed by atoms with Crippen LogP contribution in [0.4, 0.5) is 17.2 Å². The Balaban J connectivity index is 1.12. The Bertz CT molecular complexity index is 2290. The number of nitrogens with one attached hydrogen (secondary N) is 1. The molecule has 5 aromatic heterocycles. The number of nitrogens with zero attached hydrogens (tertiary/aromatic N) is 7. The van der Waals surface area contributed by atoms with E-state index in [-0.39, 0.29) is 23.1 Å². The van der Waals surface area contributed by atoms with Crippen LogP contribution in [0.15, 0.2) is 70.9 Å². The van der Waals surface area contributed by atoms with Gasteiger partial charge < -0.3 is 29.0 Å². The van der Waals surface area contributed by atoms with E-state index in [0.717, 1.165) is 51.4 Å². The van der Waals surface area contributed by atoms with Gasteiger partial charge in [-0.15, -0.1) is 0 Å². The van der Waals surface area contributed by atoms with Crippen molar-refractivity contribution in [1.82, 2.24) is 28.4 Å². The lowest BCUT2D eigenvalue weighted by molar-refractivity contribution is -0.0691. The standard InChI is InChI=1S/C37H45B3N8O4/c1-22-17-44(26-20-52-21-26)8-9-45(22)25-4-5-32(42-16-25)43-29-12-24(18-48(34(29)50)37(38,39)40)27-6-7-41-33(28(27)19-49)47-11-10-46-30(35(47)51)13-23-14-36(2,3)15-31(23)46/h4-7,10-13,16,18,22,26,49H,8-9,14-15,17,19-21,38-40H2,1-3H3,(H,42,43)/t22-/m0/s1. The minimum atomic E-state index is -0.550. The number of ether oxygens (including phenoxy) is 1. The number of fused-ring (bicyclic) bond motifs is 3.